The molecule has 4 nitrogen and oxygen atoms in total. The average molecular weight is 546 g/mol. The van der Waals surface area contributed by atoms with E-state index in [-0.39, 0.29) is 22.1 Å². The van der Waals surface area contributed by atoms with Crippen LogP contribution in [0.25, 0.3) is 0 Å². The summed E-state index contributed by atoms with van der Waals surface area (Å²) in [6.07, 6.45) is 4.80. The minimum absolute atomic E-state index is 0.00273. The molecule has 3 atom stereocenters. The fourth-order valence-electron chi connectivity index (χ4n) is 7.75. The molecule has 1 amide bonds. The van der Waals surface area contributed by atoms with Gasteiger partial charge >= 0.3 is 0 Å². The summed E-state index contributed by atoms with van der Waals surface area (Å²) in [5.41, 5.74) is -0.271. The van der Waals surface area contributed by atoms with E-state index in [2.05, 4.69) is 10.2 Å². The van der Waals surface area contributed by atoms with E-state index in [1.165, 1.54) is 6.07 Å². The van der Waals surface area contributed by atoms with Crippen molar-refractivity contribution in [2.75, 3.05) is 11.9 Å². The lowest BCUT2D eigenvalue weighted by Gasteiger charge is -2.50. The molecule has 2 heterocycles. The zero-order valence-corrected chi connectivity index (χ0v) is 23.5. The van der Waals surface area contributed by atoms with Crippen LogP contribution < -0.4 is 5.32 Å². The van der Waals surface area contributed by atoms with Gasteiger partial charge in [-0.15, -0.1) is 0 Å². The Labute approximate surface area is 228 Å². The third-order valence-corrected chi connectivity index (χ3v) is 9.31. The Bertz CT molecular complexity index is 1250. The molecule has 0 aromatic heterocycles. The lowest BCUT2D eigenvalue weighted by molar-refractivity contribution is -0.128. The smallest absolute Gasteiger partial charge is 0.237 e. The van der Waals surface area contributed by atoms with E-state index >= 15 is 4.39 Å². The van der Waals surface area contributed by atoms with Crippen molar-refractivity contribution in [1.82, 2.24) is 4.90 Å². The van der Waals surface area contributed by atoms with Crippen LogP contribution in [0.2, 0.25) is 10.0 Å². The van der Waals surface area contributed by atoms with Crippen molar-refractivity contribution < 1.29 is 14.0 Å². The number of hydrogen-bond donors (Lipinski definition) is 1. The Balaban J connectivity index is 1.88. The third kappa shape index (κ3) is 3.87. The van der Waals surface area contributed by atoms with E-state index in [1.54, 1.807) is 24.3 Å². The molecule has 2 spiro atoms. The van der Waals surface area contributed by atoms with E-state index in [9.17, 15) is 9.59 Å². The fraction of sp³-hybridized carbons (Fsp3) is 0.533. The number of ketones is 1. The highest BCUT2D eigenvalue weighted by molar-refractivity contribution is 6.31. The summed E-state index contributed by atoms with van der Waals surface area (Å²) in [4.78, 5) is 31.0. The van der Waals surface area contributed by atoms with Crippen LogP contribution in [0.1, 0.15) is 83.3 Å². The summed E-state index contributed by atoms with van der Waals surface area (Å²) in [5, 5.41) is 3.63. The molecule has 0 unspecified atom stereocenters. The molecule has 3 aliphatic rings. The zero-order valence-electron chi connectivity index (χ0n) is 22.0. The monoisotopic (exact) mass is 544 g/mol. The number of halogens is 3. The second-order valence-corrected chi connectivity index (χ2v) is 12.9. The van der Waals surface area contributed by atoms with Crippen LogP contribution in [0, 0.1) is 11.2 Å². The number of rotatable bonds is 4. The van der Waals surface area contributed by atoms with Crippen LogP contribution in [0.5, 0.6) is 0 Å². The van der Waals surface area contributed by atoms with Crippen molar-refractivity contribution in [2.45, 2.75) is 89.1 Å². The number of fused-ring (bicyclic) bond motifs is 3. The molecule has 2 aromatic carbocycles. The summed E-state index contributed by atoms with van der Waals surface area (Å²) in [7, 11) is 0. The first-order valence-corrected chi connectivity index (χ1v) is 14.1. The Morgan fingerprint density at radius 3 is 2.49 bits per heavy atom. The standard InChI is InChI=1S/C30H35Cl2FN2O2/c1-5-35-26(23(36)17-28(2,3)4)24(19-10-9-11-21(32)25(19)33)30(29(35)14-7-6-8-15-29)20-13-12-18(31)16-22(20)34-27(30)37/h9-13,16,24,26H,5-8,14-15,17H2,1-4H3,(H,34,37)/t24-,26-,30+/m0/s1. The molecule has 7 heteroatoms. The van der Waals surface area contributed by atoms with Crippen LogP contribution in [0.4, 0.5) is 10.1 Å². The first-order valence-electron chi connectivity index (χ1n) is 13.3. The molecule has 2 fully saturated rings. The van der Waals surface area contributed by atoms with Gasteiger partial charge in [-0.3, -0.25) is 14.5 Å². The van der Waals surface area contributed by atoms with E-state index in [4.69, 9.17) is 23.2 Å². The number of carbonyl (C=O) groups is 2. The average Bonchev–Trinajstić information content (AvgIpc) is 3.25. The molecule has 1 N–H and O–H groups in total. The number of hydrogen-bond acceptors (Lipinski definition) is 3. The van der Waals surface area contributed by atoms with E-state index in [0.717, 1.165) is 37.7 Å². The molecule has 198 valence electrons. The molecule has 1 saturated carbocycles. The molecular weight excluding hydrogens is 510 g/mol. The molecular formula is C30H35Cl2FN2O2. The van der Waals surface area contributed by atoms with Crippen LogP contribution >= 0.6 is 23.2 Å². The molecule has 5 rings (SSSR count). The Kier molecular flexibility index (Phi) is 6.74. The number of nitrogens with zero attached hydrogens (tertiary/aromatic N) is 1. The number of Topliss-reactive ketones (excluding diaryl/α,β-unsaturated/α-hetero) is 1. The van der Waals surface area contributed by atoms with Gasteiger partial charge < -0.3 is 5.32 Å². The molecule has 1 saturated heterocycles. The van der Waals surface area contributed by atoms with E-state index in [1.807, 2.05) is 33.8 Å². The van der Waals surface area contributed by atoms with Gasteiger partial charge in [0.05, 0.1) is 11.1 Å². The predicted octanol–water partition coefficient (Wildman–Crippen LogP) is 7.52. The lowest BCUT2D eigenvalue weighted by Crippen LogP contribution is -2.61. The fourth-order valence-corrected chi connectivity index (χ4v) is 8.10. The highest BCUT2D eigenvalue weighted by atomic mass is 35.5. The van der Waals surface area contributed by atoms with Crippen LogP contribution in [-0.4, -0.2) is 34.7 Å². The summed E-state index contributed by atoms with van der Waals surface area (Å²) in [5.74, 6) is -1.43. The first-order chi connectivity index (χ1) is 17.5. The minimum atomic E-state index is -1.16. The molecule has 1 aliphatic carbocycles. The number of likely N-dealkylation sites (tertiary alicyclic amines) is 1. The zero-order chi connectivity index (χ0) is 26.8. The van der Waals surface area contributed by atoms with Crippen molar-refractivity contribution in [3.8, 4) is 0 Å². The van der Waals surface area contributed by atoms with Crippen molar-refractivity contribution in [3.63, 3.8) is 0 Å². The van der Waals surface area contributed by atoms with Crippen molar-refractivity contribution in [2.24, 2.45) is 5.41 Å². The first kappa shape index (κ1) is 26.6. The van der Waals surface area contributed by atoms with Gasteiger partial charge in [-0.2, -0.15) is 0 Å². The minimum Gasteiger partial charge on any atom is -0.325 e. The second kappa shape index (κ2) is 9.36. The van der Waals surface area contributed by atoms with Crippen LogP contribution in [-0.2, 0) is 15.0 Å². The Hall–Kier alpha value is -1.95. The number of carbonyl (C=O) groups excluding carboxylic acids is 2. The number of nitrogens with one attached hydrogen (secondary N) is 1. The highest BCUT2D eigenvalue weighted by Crippen LogP contribution is 2.66. The Morgan fingerprint density at radius 2 is 1.84 bits per heavy atom. The van der Waals surface area contributed by atoms with Gasteiger partial charge in [-0.05, 0) is 54.1 Å². The van der Waals surface area contributed by atoms with Crippen LogP contribution in [0.15, 0.2) is 36.4 Å². The maximum absolute atomic E-state index is 16.0. The molecule has 37 heavy (non-hydrogen) atoms. The molecule has 0 bridgehead atoms. The predicted molar refractivity (Wildman–Crippen MR) is 147 cm³/mol. The summed E-state index contributed by atoms with van der Waals surface area (Å²) < 4.78 is 16.0. The number of benzene rings is 2. The lowest BCUT2D eigenvalue weighted by atomic mass is 9.55. The number of anilines is 1. The van der Waals surface area contributed by atoms with Gasteiger partial charge in [0.25, 0.3) is 0 Å². The van der Waals surface area contributed by atoms with Crippen molar-refractivity contribution in [3.05, 3.63) is 63.4 Å². The van der Waals surface area contributed by atoms with E-state index in [0.29, 0.717) is 29.2 Å². The highest BCUT2D eigenvalue weighted by Gasteiger charge is 2.75. The quantitative estimate of drug-likeness (QED) is 0.433. The molecule has 0 radical (unpaired) electrons. The topological polar surface area (TPSA) is 49.4 Å². The molecule has 2 aliphatic heterocycles. The van der Waals surface area contributed by atoms with Gasteiger partial charge in [-0.1, -0.05) is 88.4 Å². The SMILES string of the molecule is CCN1[C@@H](C(=O)CC(C)(C)C)[C@H](c2cccc(Cl)c2F)[C@]2(C(=O)Nc3cc(Cl)ccc32)C12CCCCC2. The maximum atomic E-state index is 16.0. The van der Waals surface area contributed by atoms with Gasteiger partial charge in [0, 0.05) is 28.6 Å². The second-order valence-electron chi connectivity index (χ2n) is 12.1. The summed E-state index contributed by atoms with van der Waals surface area (Å²) in [6, 6.07) is 9.76. The maximum Gasteiger partial charge on any atom is 0.237 e. The summed E-state index contributed by atoms with van der Waals surface area (Å²) >= 11 is 12.7. The normalized spacial score (nSPS) is 27.1. The van der Waals surface area contributed by atoms with Gasteiger partial charge in [0.2, 0.25) is 5.91 Å². The van der Waals surface area contributed by atoms with Crippen molar-refractivity contribution >= 4 is 40.6 Å². The van der Waals surface area contributed by atoms with Crippen LogP contribution in [0.3, 0.4) is 0 Å². The number of likely N-dealkylation sites (N-methyl/N-ethyl adjacent to an activating group) is 1. The molecule has 2 aromatic rings. The van der Waals surface area contributed by atoms with Gasteiger partial charge in [0.15, 0.2) is 5.78 Å². The van der Waals surface area contributed by atoms with E-state index < -0.39 is 28.7 Å². The third-order valence-electron chi connectivity index (χ3n) is 8.79. The van der Waals surface area contributed by atoms with Gasteiger partial charge in [-0.25, -0.2) is 4.39 Å². The number of amides is 1. The summed E-state index contributed by atoms with van der Waals surface area (Å²) in [6.45, 7) is 8.75. The largest absolute Gasteiger partial charge is 0.325 e. The Morgan fingerprint density at radius 1 is 1.14 bits per heavy atom. The van der Waals surface area contributed by atoms with Crippen molar-refractivity contribution in [1.29, 1.82) is 0 Å². The van der Waals surface area contributed by atoms with Gasteiger partial charge in [0.1, 0.15) is 11.2 Å².